The van der Waals surface area contributed by atoms with Gasteiger partial charge < -0.3 is 15.1 Å². The maximum atomic E-state index is 3.64. The standard InChI is InChI=1S/C18H37N3/c1-4-19-15-18(9-7-8-17(2)14-18)16-20(3)12-13-21-10-5-6-11-21/h17,19H,4-16H2,1-3H3. The van der Waals surface area contributed by atoms with Gasteiger partial charge in [0.1, 0.15) is 0 Å². The maximum absolute atomic E-state index is 3.64. The van der Waals surface area contributed by atoms with Crippen molar-refractivity contribution < 1.29 is 0 Å². The summed E-state index contributed by atoms with van der Waals surface area (Å²) in [6.07, 6.45) is 8.50. The molecule has 2 aliphatic rings. The topological polar surface area (TPSA) is 18.5 Å². The molecule has 124 valence electrons. The van der Waals surface area contributed by atoms with Gasteiger partial charge in [0, 0.05) is 26.2 Å². The van der Waals surface area contributed by atoms with Crippen LogP contribution < -0.4 is 5.32 Å². The summed E-state index contributed by atoms with van der Waals surface area (Å²) in [5.74, 6) is 0.907. The van der Waals surface area contributed by atoms with E-state index in [1.165, 1.54) is 77.8 Å². The fraction of sp³-hybridized carbons (Fsp3) is 1.00. The van der Waals surface area contributed by atoms with E-state index in [1.54, 1.807) is 0 Å². The monoisotopic (exact) mass is 295 g/mol. The van der Waals surface area contributed by atoms with Gasteiger partial charge in [0.15, 0.2) is 0 Å². The first-order chi connectivity index (χ1) is 10.1. The van der Waals surface area contributed by atoms with Crippen LogP contribution in [0.15, 0.2) is 0 Å². The SMILES string of the molecule is CCNCC1(CN(C)CCN2CCCC2)CCCC(C)C1. The van der Waals surface area contributed by atoms with Gasteiger partial charge in [0.05, 0.1) is 0 Å². The predicted octanol–water partition coefficient (Wildman–Crippen LogP) is 2.82. The van der Waals surface area contributed by atoms with E-state index in [0.29, 0.717) is 5.41 Å². The molecular formula is C18H37N3. The van der Waals surface area contributed by atoms with Crippen LogP contribution in [0.4, 0.5) is 0 Å². The Kier molecular flexibility index (Phi) is 6.97. The van der Waals surface area contributed by atoms with Gasteiger partial charge in [0.2, 0.25) is 0 Å². The molecule has 2 rings (SSSR count). The Morgan fingerprint density at radius 3 is 2.67 bits per heavy atom. The number of hydrogen-bond acceptors (Lipinski definition) is 3. The fourth-order valence-corrected chi connectivity index (χ4v) is 4.49. The molecule has 0 spiro atoms. The second-order valence-electron chi connectivity index (χ2n) is 7.77. The molecule has 0 aromatic carbocycles. The van der Waals surface area contributed by atoms with E-state index in [0.717, 1.165) is 12.5 Å². The van der Waals surface area contributed by atoms with Crippen LogP contribution in [0.2, 0.25) is 0 Å². The van der Waals surface area contributed by atoms with Gasteiger partial charge in [-0.05, 0) is 63.7 Å². The molecule has 2 unspecified atom stereocenters. The first-order valence-corrected chi connectivity index (χ1v) is 9.25. The zero-order valence-electron chi connectivity index (χ0n) is 14.7. The molecule has 3 heteroatoms. The van der Waals surface area contributed by atoms with Gasteiger partial charge >= 0.3 is 0 Å². The molecule has 1 saturated carbocycles. The fourth-order valence-electron chi connectivity index (χ4n) is 4.49. The molecule has 1 aliphatic heterocycles. The van der Waals surface area contributed by atoms with Crippen molar-refractivity contribution in [2.45, 2.75) is 52.4 Å². The van der Waals surface area contributed by atoms with E-state index in [9.17, 15) is 0 Å². The molecule has 3 nitrogen and oxygen atoms in total. The Balaban J connectivity index is 1.81. The van der Waals surface area contributed by atoms with Gasteiger partial charge in [-0.25, -0.2) is 0 Å². The molecule has 1 heterocycles. The van der Waals surface area contributed by atoms with Gasteiger partial charge in [-0.3, -0.25) is 0 Å². The van der Waals surface area contributed by atoms with Gasteiger partial charge in [0.25, 0.3) is 0 Å². The number of rotatable bonds is 8. The van der Waals surface area contributed by atoms with E-state index in [2.05, 4.69) is 36.0 Å². The van der Waals surface area contributed by atoms with Crippen molar-refractivity contribution in [1.82, 2.24) is 15.1 Å². The van der Waals surface area contributed by atoms with Crippen molar-refractivity contribution in [3.63, 3.8) is 0 Å². The van der Waals surface area contributed by atoms with Crippen molar-refractivity contribution in [3.8, 4) is 0 Å². The first kappa shape index (κ1) is 17.2. The lowest BCUT2D eigenvalue weighted by Crippen LogP contribution is -2.47. The second kappa shape index (κ2) is 8.50. The zero-order chi connectivity index (χ0) is 15.1. The van der Waals surface area contributed by atoms with Crippen LogP contribution in [0.1, 0.15) is 52.4 Å². The Hall–Kier alpha value is -0.120. The smallest absolute Gasteiger partial charge is 0.0109 e. The Bertz CT molecular complexity index is 288. The summed E-state index contributed by atoms with van der Waals surface area (Å²) >= 11 is 0. The lowest BCUT2D eigenvalue weighted by atomic mass is 9.69. The van der Waals surface area contributed by atoms with E-state index in [4.69, 9.17) is 0 Å². The number of hydrogen-bond donors (Lipinski definition) is 1. The Labute approximate surface area is 132 Å². The number of likely N-dealkylation sites (tertiary alicyclic amines) is 1. The lowest BCUT2D eigenvalue weighted by molar-refractivity contribution is 0.0882. The van der Waals surface area contributed by atoms with Gasteiger partial charge in [-0.2, -0.15) is 0 Å². The van der Waals surface area contributed by atoms with Crippen LogP contribution in [0.25, 0.3) is 0 Å². The number of likely N-dealkylation sites (N-methyl/N-ethyl adjacent to an activating group) is 1. The highest BCUT2D eigenvalue weighted by Gasteiger charge is 2.35. The molecule has 0 aromatic rings. The average molecular weight is 296 g/mol. The highest BCUT2D eigenvalue weighted by atomic mass is 15.2. The molecule has 0 bridgehead atoms. The Morgan fingerprint density at radius 2 is 2.00 bits per heavy atom. The van der Waals surface area contributed by atoms with E-state index >= 15 is 0 Å². The molecule has 2 fully saturated rings. The third-order valence-electron chi connectivity index (χ3n) is 5.54. The highest BCUT2D eigenvalue weighted by Crippen LogP contribution is 2.39. The van der Waals surface area contributed by atoms with Gasteiger partial charge in [-0.1, -0.05) is 26.7 Å². The number of nitrogens with zero attached hydrogens (tertiary/aromatic N) is 2. The maximum Gasteiger partial charge on any atom is 0.0109 e. The molecule has 1 aliphatic carbocycles. The molecule has 0 amide bonds. The molecule has 2 atom stereocenters. The van der Waals surface area contributed by atoms with Crippen LogP contribution in [-0.4, -0.2) is 62.7 Å². The van der Waals surface area contributed by atoms with Crippen LogP contribution in [0, 0.1) is 11.3 Å². The normalized spacial score (nSPS) is 31.1. The molecular weight excluding hydrogens is 258 g/mol. The Morgan fingerprint density at radius 1 is 1.24 bits per heavy atom. The second-order valence-corrected chi connectivity index (χ2v) is 7.77. The molecule has 21 heavy (non-hydrogen) atoms. The third-order valence-corrected chi connectivity index (χ3v) is 5.54. The van der Waals surface area contributed by atoms with Crippen LogP contribution in [-0.2, 0) is 0 Å². The predicted molar refractivity (Wildman–Crippen MR) is 91.8 cm³/mol. The van der Waals surface area contributed by atoms with Gasteiger partial charge in [-0.15, -0.1) is 0 Å². The molecule has 0 aromatic heterocycles. The number of nitrogens with one attached hydrogen (secondary N) is 1. The zero-order valence-corrected chi connectivity index (χ0v) is 14.7. The van der Waals surface area contributed by atoms with Crippen LogP contribution in [0.5, 0.6) is 0 Å². The third kappa shape index (κ3) is 5.54. The largest absolute Gasteiger partial charge is 0.316 e. The van der Waals surface area contributed by atoms with Crippen molar-refractivity contribution in [2.24, 2.45) is 11.3 Å². The molecule has 1 N–H and O–H groups in total. The van der Waals surface area contributed by atoms with Crippen molar-refractivity contribution in [3.05, 3.63) is 0 Å². The summed E-state index contributed by atoms with van der Waals surface area (Å²) in [5.41, 5.74) is 0.521. The minimum atomic E-state index is 0.521. The molecule has 0 radical (unpaired) electrons. The summed E-state index contributed by atoms with van der Waals surface area (Å²) in [5, 5.41) is 3.64. The minimum absolute atomic E-state index is 0.521. The average Bonchev–Trinajstić information content (AvgIpc) is 2.96. The summed E-state index contributed by atoms with van der Waals surface area (Å²) in [4.78, 5) is 5.24. The van der Waals surface area contributed by atoms with E-state index in [-0.39, 0.29) is 0 Å². The summed E-state index contributed by atoms with van der Waals surface area (Å²) in [6, 6.07) is 0. The van der Waals surface area contributed by atoms with E-state index in [1.807, 2.05) is 0 Å². The van der Waals surface area contributed by atoms with Crippen LogP contribution in [0.3, 0.4) is 0 Å². The van der Waals surface area contributed by atoms with Crippen molar-refractivity contribution >= 4 is 0 Å². The lowest BCUT2D eigenvalue weighted by Gasteiger charge is -2.43. The first-order valence-electron chi connectivity index (χ1n) is 9.25. The quantitative estimate of drug-likeness (QED) is 0.743. The highest BCUT2D eigenvalue weighted by molar-refractivity contribution is 4.89. The summed E-state index contributed by atoms with van der Waals surface area (Å²) in [6.45, 7) is 13.4. The van der Waals surface area contributed by atoms with Crippen LogP contribution >= 0.6 is 0 Å². The molecule has 1 saturated heterocycles. The van der Waals surface area contributed by atoms with E-state index < -0.39 is 0 Å². The summed E-state index contributed by atoms with van der Waals surface area (Å²) < 4.78 is 0. The van der Waals surface area contributed by atoms with Crippen molar-refractivity contribution in [1.29, 1.82) is 0 Å². The summed E-state index contributed by atoms with van der Waals surface area (Å²) in [7, 11) is 2.34. The minimum Gasteiger partial charge on any atom is -0.316 e. The van der Waals surface area contributed by atoms with Crippen molar-refractivity contribution in [2.75, 3.05) is 52.9 Å².